The van der Waals surface area contributed by atoms with Gasteiger partial charge in [-0.3, -0.25) is 9.58 Å². The summed E-state index contributed by atoms with van der Waals surface area (Å²) in [5, 5.41) is 4.24. The van der Waals surface area contributed by atoms with Crippen LogP contribution in [0.5, 0.6) is 0 Å². The third-order valence-corrected chi connectivity index (χ3v) is 5.92. The number of hydrogen-bond acceptors (Lipinski definition) is 4. The minimum absolute atomic E-state index is 0.173. The van der Waals surface area contributed by atoms with E-state index in [4.69, 9.17) is 0 Å². The summed E-state index contributed by atoms with van der Waals surface area (Å²) >= 11 is 0. The molecule has 0 N–H and O–H groups in total. The smallest absolute Gasteiger partial charge is 0.179 e. The molecule has 3 rings (SSSR count). The molecule has 0 amide bonds. The monoisotopic (exact) mass is 319 g/mol. The maximum absolute atomic E-state index is 12.4. The van der Waals surface area contributed by atoms with Crippen LogP contribution in [0.2, 0.25) is 0 Å². The first-order valence-electron chi connectivity index (χ1n) is 7.64. The number of benzene rings is 1. The van der Waals surface area contributed by atoms with Crippen molar-refractivity contribution in [3.05, 3.63) is 48.8 Å². The molecule has 0 spiro atoms. The molecule has 22 heavy (non-hydrogen) atoms. The van der Waals surface area contributed by atoms with Crippen molar-refractivity contribution < 1.29 is 8.42 Å². The second-order valence-corrected chi connectivity index (χ2v) is 7.80. The Morgan fingerprint density at radius 3 is 2.73 bits per heavy atom. The lowest BCUT2D eigenvalue weighted by Gasteiger charge is -2.24. The molecule has 1 aliphatic heterocycles. The second-order valence-electron chi connectivity index (χ2n) is 5.69. The molecule has 1 aromatic heterocycles. The molecule has 0 bridgehead atoms. The van der Waals surface area contributed by atoms with Crippen LogP contribution in [0.25, 0.3) is 0 Å². The zero-order valence-electron chi connectivity index (χ0n) is 12.5. The highest BCUT2D eigenvalue weighted by Crippen LogP contribution is 2.19. The van der Waals surface area contributed by atoms with Crippen molar-refractivity contribution in [1.29, 1.82) is 0 Å². The summed E-state index contributed by atoms with van der Waals surface area (Å²) in [6, 6.07) is 11.0. The highest BCUT2D eigenvalue weighted by atomic mass is 32.2. The highest BCUT2D eigenvalue weighted by Gasteiger charge is 2.26. The summed E-state index contributed by atoms with van der Waals surface area (Å²) in [7, 11) is -3.20. The van der Waals surface area contributed by atoms with E-state index in [1.807, 2.05) is 23.0 Å². The third kappa shape index (κ3) is 3.56. The van der Waals surface area contributed by atoms with E-state index in [1.54, 1.807) is 30.5 Å². The summed E-state index contributed by atoms with van der Waals surface area (Å²) in [4.78, 5) is 2.69. The third-order valence-electron chi connectivity index (χ3n) is 4.21. The van der Waals surface area contributed by atoms with Crippen LogP contribution in [0, 0.1) is 0 Å². The SMILES string of the molecule is O=S(=O)(CCN1CCC[C@H]1Cn1cccn1)c1ccccc1. The van der Waals surface area contributed by atoms with Gasteiger partial charge in [0.25, 0.3) is 0 Å². The molecule has 0 saturated carbocycles. The van der Waals surface area contributed by atoms with Crippen LogP contribution in [0.15, 0.2) is 53.7 Å². The van der Waals surface area contributed by atoms with E-state index in [2.05, 4.69) is 10.00 Å². The van der Waals surface area contributed by atoms with Gasteiger partial charge in [-0.15, -0.1) is 0 Å². The Morgan fingerprint density at radius 2 is 2.00 bits per heavy atom. The summed E-state index contributed by atoms with van der Waals surface area (Å²) < 4.78 is 26.7. The van der Waals surface area contributed by atoms with Crippen molar-refractivity contribution in [2.75, 3.05) is 18.8 Å². The molecule has 1 fully saturated rings. The summed E-state index contributed by atoms with van der Waals surface area (Å²) in [6.07, 6.45) is 5.96. The van der Waals surface area contributed by atoms with E-state index in [0.717, 1.165) is 25.9 Å². The first-order valence-corrected chi connectivity index (χ1v) is 9.30. The largest absolute Gasteiger partial charge is 0.298 e. The van der Waals surface area contributed by atoms with E-state index >= 15 is 0 Å². The Balaban J connectivity index is 1.60. The number of sulfone groups is 1. The van der Waals surface area contributed by atoms with Gasteiger partial charge in [-0.25, -0.2) is 8.42 Å². The number of rotatable bonds is 6. The van der Waals surface area contributed by atoms with Crippen molar-refractivity contribution in [2.45, 2.75) is 30.3 Å². The van der Waals surface area contributed by atoms with Gasteiger partial charge < -0.3 is 0 Å². The average Bonchev–Trinajstić information content (AvgIpc) is 3.19. The molecular weight excluding hydrogens is 298 g/mol. The zero-order chi connectivity index (χ0) is 15.4. The van der Waals surface area contributed by atoms with Crippen molar-refractivity contribution >= 4 is 9.84 Å². The van der Waals surface area contributed by atoms with Gasteiger partial charge in [-0.05, 0) is 37.6 Å². The number of nitrogens with zero attached hydrogens (tertiary/aromatic N) is 3. The molecule has 5 nitrogen and oxygen atoms in total. The quantitative estimate of drug-likeness (QED) is 0.815. The van der Waals surface area contributed by atoms with Gasteiger partial charge in [-0.2, -0.15) is 5.10 Å². The minimum Gasteiger partial charge on any atom is -0.298 e. The van der Waals surface area contributed by atoms with Gasteiger partial charge in [0.15, 0.2) is 9.84 Å². The van der Waals surface area contributed by atoms with E-state index in [9.17, 15) is 8.42 Å². The topological polar surface area (TPSA) is 55.2 Å². The van der Waals surface area contributed by atoms with Crippen molar-refractivity contribution in [3.8, 4) is 0 Å². The average molecular weight is 319 g/mol. The van der Waals surface area contributed by atoms with Crippen LogP contribution >= 0.6 is 0 Å². The van der Waals surface area contributed by atoms with Gasteiger partial charge in [0.1, 0.15) is 0 Å². The van der Waals surface area contributed by atoms with E-state index in [0.29, 0.717) is 17.5 Å². The molecule has 0 radical (unpaired) electrons. The van der Waals surface area contributed by atoms with Crippen LogP contribution in [-0.4, -0.2) is 48.0 Å². The highest BCUT2D eigenvalue weighted by molar-refractivity contribution is 7.91. The molecule has 2 aromatic rings. The number of likely N-dealkylation sites (tertiary alicyclic amines) is 1. The predicted octanol–water partition coefficient (Wildman–Crippen LogP) is 1.82. The van der Waals surface area contributed by atoms with Crippen LogP contribution < -0.4 is 0 Å². The Bertz CT molecular complexity index is 683. The van der Waals surface area contributed by atoms with Crippen LogP contribution in [0.4, 0.5) is 0 Å². The summed E-state index contributed by atoms with van der Waals surface area (Å²) in [6.45, 7) is 2.39. The van der Waals surface area contributed by atoms with Crippen molar-refractivity contribution in [2.24, 2.45) is 0 Å². The zero-order valence-corrected chi connectivity index (χ0v) is 13.3. The minimum atomic E-state index is -3.20. The summed E-state index contributed by atoms with van der Waals surface area (Å²) in [5.41, 5.74) is 0. The fraction of sp³-hybridized carbons (Fsp3) is 0.438. The molecule has 1 aromatic carbocycles. The van der Waals surface area contributed by atoms with Crippen LogP contribution in [-0.2, 0) is 16.4 Å². The van der Waals surface area contributed by atoms with Crippen molar-refractivity contribution in [1.82, 2.24) is 14.7 Å². The van der Waals surface area contributed by atoms with Gasteiger partial charge in [-0.1, -0.05) is 18.2 Å². The standard InChI is InChI=1S/C16H21N3O2S/c20-22(21,16-7-2-1-3-8-16)13-12-18-10-4-6-15(18)14-19-11-5-9-17-19/h1-3,5,7-9,11,15H,4,6,10,12-14H2/t15-/m0/s1. The Hall–Kier alpha value is -1.66. The summed E-state index contributed by atoms with van der Waals surface area (Å²) in [5.74, 6) is 0.173. The molecule has 6 heteroatoms. The van der Waals surface area contributed by atoms with Gasteiger partial charge in [0.05, 0.1) is 17.2 Å². The van der Waals surface area contributed by atoms with Gasteiger partial charge in [0.2, 0.25) is 0 Å². The number of aromatic nitrogens is 2. The first-order chi connectivity index (χ1) is 10.6. The van der Waals surface area contributed by atoms with Crippen LogP contribution in [0.1, 0.15) is 12.8 Å². The molecular formula is C16H21N3O2S. The normalized spacial score (nSPS) is 19.5. The molecule has 1 saturated heterocycles. The Labute approximate surface area is 131 Å². The molecule has 2 heterocycles. The van der Waals surface area contributed by atoms with Crippen LogP contribution in [0.3, 0.4) is 0 Å². The molecule has 0 unspecified atom stereocenters. The van der Waals surface area contributed by atoms with Gasteiger partial charge >= 0.3 is 0 Å². The molecule has 118 valence electrons. The predicted molar refractivity (Wildman–Crippen MR) is 85.3 cm³/mol. The maximum Gasteiger partial charge on any atom is 0.179 e. The lowest BCUT2D eigenvalue weighted by Crippen LogP contribution is -2.36. The van der Waals surface area contributed by atoms with Gasteiger partial charge in [0, 0.05) is 25.0 Å². The van der Waals surface area contributed by atoms with E-state index in [-0.39, 0.29) is 5.75 Å². The lowest BCUT2D eigenvalue weighted by atomic mass is 10.2. The first kappa shape index (κ1) is 15.2. The lowest BCUT2D eigenvalue weighted by molar-refractivity contribution is 0.239. The Morgan fingerprint density at radius 1 is 1.18 bits per heavy atom. The molecule has 0 aliphatic carbocycles. The molecule has 1 aliphatic rings. The maximum atomic E-state index is 12.4. The second kappa shape index (κ2) is 6.62. The van der Waals surface area contributed by atoms with E-state index < -0.39 is 9.84 Å². The Kier molecular flexibility index (Phi) is 4.59. The fourth-order valence-electron chi connectivity index (χ4n) is 3.00. The van der Waals surface area contributed by atoms with E-state index in [1.165, 1.54) is 0 Å². The fourth-order valence-corrected chi connectivity index (χ4v) is 4.29. The number of hydrogen-bond donors (Lipinski definition) is 0. The molecule has 1 atom stereocenters. The van der Waals surface area contributed by atoms with Crippen molar-refractivity contribution in [3.63, 3.8) is 0 Å².